The van der Waals surface area contributed by atoms with E-state index in [9.17, 15) is 22.7 Å². The van der Waals surface area contributed by atoms with Crippen molar-refractivity contribution in [2.75, 3.05) is 12.9 Å². The van der Waals surface area contributed by atoms with Crippen molar-refractivity contribution < 1.29 is 22.7 Å². The molecule has 0 spiro atoms. The van der Waals surface area contributed by atoms with Crippen molar-refractivity contribution >= 4 is 39.1 Å². The zero-order valence-corrected chi connectivity index (χ0v) is 18.7. The average Bonchev–Trinajstić information content (AvgIpc) is 2.70. The van der Waals surface area contributed by atoms with Crippen LogP contribution in [0.15, 0.2) is 48.5 Å². The summed E-state index contributed by atoms with van der Waals surface area (Å²) in [5.74, 6) is -0.781. The number of hydrogen-bond donors (Lipinski definition) is 3. The number of rotatable bonds is 9. The van der Waals surface area contributed by atoms with Crippen molar-refractivity contribution in [2.24, 2.45) is 0 Å². The summed E-state index contributed by atoms with van der Waals surface area (Å²) in [5, 5.41) is 12.6. The number of carbonyl (C=O) groups is 1. The highest BCUT2D eigenvalue weighted by molar-refractivity contribution is 7.88. The molecule has 3 N–H and O–H groups in total. The molecule has 0 radical (unpaired) electrons. The number of hydrogen-bond acceptors (Lipinski definition) is 4. The van der Waals surface area contributed by atoms with Crippen molar-refractivity contribution in [3.8, 4) is 11.1 Å². The third-order valence-electron chi connectivity index (χ3n) is 4.46. The molecule has 164 valence electrons. The van der Waals surface area contributed by atoms with Crippen LogP contribution < -0.4 is 10.0 Å². The lowest BCUT2D eigenvalue weighted by Crippen LogP contribution is -2.43. The Bertz CT molecular complexity index is 954. The molecule has 2 aromatic carbocycles. The molecule has 0 aliphatic heterocycles. The number of carbonyl (C=O) groups excluding carboxylic acids is 1. The maximum atomic E-state index is 13.3. The van der Waals surface area contributed by atoms with Gasteiger partial charge in [0.15, 0.2) is 4.84 Å². The van der Waals surface area contributed by atoms with E-state index in [1.807, 2.05) is 24.3 Å². The van der Waals surface area contributed by atoms with Crippen LogP contribution in [0.4, 0.5) is 4.39 Å². The summed E-state index contributed by atoms with van der Waals surface area (Å²) in [6.45, 7) is 0.763. The average molecular weight is 477 g/mol. The van der Waals surface area contributed by atoms with Crippen LogP contribution in [0.25, 0.3) is 11.1 Å². The molecule has 30 heavy (non-hydrogen) atoms. The number of nitrogens with one attached hydrogen (secondary N) is 2. The molecular formula is C20H23Cl2FN2O4S. The summed E-state index contributed by atoms with van der Waals surface area (Å²) in [6.07, 6.45) is -0.165. The molecule has 0 heterocycles. The van der Waals surface area contributed by atoms with Gasteiger partial charge in [-0.1, -0.05) is 71.7 Å². The van der Waals surface area contributed by atoms with Gasteiger partial charge in [-0.05, 0) is 29.2 Å². The molecule has 3 atom stereocenters. The van der Waals surface area contributed by atoms with Crippen LogP contribution in [0.3, 0.4) is 0 Å². The van der Waals surface area contributed by atoms with Gasteiger partial charge in [0.25, 0.3) is 5.91 Å². The first-order valence-corrected chi connectivity index (χ1v) is 11.8. The van der Waals surface area contributed by atoms with Crippen LogP contribution in [0.5, 0.6) is 0 Å². The maximum Gasteiger partial charge on any atom is 0.253 e. The second kappa shape index (κ2) is 10.5. The topological polar surface area (TPSA) is 95.5 Å². The zero-order chi connectivity index (χ0) is 22.5. The Morgan fingerprint density at radius 1 is 1.03 bits per heavy atom. The van der Waals surface area contributed by atoms with E-state index in [1.165, 1.54) is 0 Å². The van der Waals surface area contributed by atoms with Crippen molar-refractivity contribution in [1.82, 2.24) is 10.0 Å². The Balaban J connectivity index is 2.12. The lowest BCUT2D eigenvalue weighted by Gasteiger charge is -2.22. The molecule has 10 heteroatoms. The predicted octanol–water partition coefficient (Wildman–Crippen LogP) is 3.26. The Labute approximate surface area is 185 Å². The van der Waals surface area contributed by atoms with Gasteiger partial charge in [-0.3, -0.25) is 4.79 Å². The van der Waals surface area contributed by atoms with E-state index >= 15 is 0 Å². The first kappa shape index (κ1) is 24.6. The van der Waals surface area contributed by atoms with E-state index in [-0.39, 0.29) is 6.04 Å². The van der Waals surface area contributed by atoms with Crippen LogP contribution in [-0.4, -0.2) is 43.2 Å². The second-order valence-electron chi connectivity index (χ2n) is 6.87. The molecule has 0 saturated carbocycles. The van der Waals surface area contributed by atoms with Crippen LogP contribution in [0, 0.1) is 0 Å². The molecule has 3 unspecified atom stereocenters. The minimum absolute atomic E-state index is 0.361. The number of alkyl halides is 3. The summed E-state index contributed by atoms with van der Waals surface area (Å²) in [5.41, 5.74) is 2.97. The number of benzene rings is 2. The molecule has 0 bridgehead atoms. The molecule has 0 fully saturated rings. The van der Waals surface area contributed by atoms with Crippen LogP contribution in [0.1, 0.15) is 30.2 Å². The van der Waals surface area contributed by atoms with Crippen molar-refractivity contribution in [2.45, 2.75) is 29.9 Å². The number of amides is 1. The Morgan fingerprint density at radius 2 is 1.50 bits per heavy atom. The third-order valence-corrected chi connectivity index (χ3v) is 5.64. The van der Waals surface area contributed by atoms with E-state index in [2.05, 4.69) is 10.0 Å². The highest BCUT2D eigenvalue weighted by Gasteiger charge is 2.25. The van der Waals surface area contributed by atoms with Gasteiger partial charge in [0.05, 0.1) is 12.3 Å². The molecule has 0 aliphatic carbocycles. The standard InChI is InChI=1S/C20H23Cl2FN2O4S/c1-12(25-30(2,28)29)13-3-5-14(6-4-13)15-7-9-16(10-8-15)18(26)17(11-23)24-20(27)19(21)22/h3-10,12,17-19,25-26H,11H2,1-2H3,(H,24,27). The van der Waals surface area contributed by atoms with E-state index in [1.54, 1.807) is 31.2 Å². The highest BCUT2D eigenvalue weighted by Crippen LogP contribution is 2.25. The summed E-state index contributed by atoms with van der Waals surface area (Å²) >= 11 is 10.9. The number of halogens is 3. The Kier molecular flexibility index (Phi) is 8.63. The van der Waals surface area contributed by atoms with Gasteiger partial charge < -0.3 is 10.4 Å². The summed E-state index contributed by atoms with van der Waals surface area (Å²) < 4.78 is 38.5. The fourth-order valence-corrected chi connectivity index (χ4v) is 3.81. The van der Waals surface area contributed by atoms with Crippen LogP contribution in [-0.2, 0) is 14.8 Å². The number of aliphatic hydroxyl groups is 1. The van der Waals surface area contributed by atoms with E-state index in [0.717, 1.165) is 22.9 Å². The monoisotopic (exact) mass is 476 g/mol. The molecule has 2 rings (SSSR count). The first-order chi connectivity index (χ1) is 14.0. The Hall–Kier alpha value is -1.71. The summed E-state index contributed by atoms with van der Waals surface area (Å²) in [7, 11) is -3.31. The number of sulfonamides is 1. The largest absolute Gasteiger partial charge is 0.386 e. The zero-order valence-electron chi connectivity index (χ0n) is 16.3. The van der Waals surface area contributed by atoms with Gasteiger partial charge in [0.2, 0.25) is 10.0 Å². The van der Waals surface area contributed by atoms with Crippen LogP contribution in [0.2, 0.25) is 0 Å². The van der Waals surface area contributed by atoms with Gasteiger partial charge in [-0.25, -0.2) is 17.5 Å². The van der Waals surface area contributed by atoms with Gasteiger partial charge in [-0.2, -0.15) is 0 Å². The van der Waals surface area contributed by atoms with Gasteiger partial charge in [0, 0.05) is 6.04 Å². The quantitative estimate of drug-likeness (QED) is 0.484. The van der Waals surface area contributed by atoms with Gasteiger partial charge in [-0.15, -0.1) is 0 Å². The smallest absolute Gasteiger partial charge is 0.253 e. The SMILES string of the molecule is CC(NS(C)(=O)=O)c1ccc(-c2ccc(C(O)C(CF)NC(=O)C(Cl)Cl)cc2)cc1. The van der Waals surface area contributed by atoms with Crippen molar-refractivity contribution in [3.63, 3.8) is 0 Å². The van der Waals surface area contributed by atoms with Crippen LogP contribution >= 0.6 is 23.2 Å². The van der Waals surface area contributed by atoms with E-state index in [0.29, 0.717) is 5.56 Å². The minimum Gasteiger partial charge on any atom is -0.386 e. The lowest BCUT2D eigenvalue weighted by atomic mass is 9.97. The van der Waals surface area contributed by atoms with Gasteiger partial charge >= 0.3 is 0 Å². The maximum absolute atomic E-state index is 13.3. The normalized spacial score (nSPS) is 14.9. The number of aliphatic hydroxyl groups excluding tert-OH is 1. The molecular weight excluding hydrogens is 454 g/mol. The fraction of sp³-hybridized carbons (Fsp3) is 0.350. The Morgan fingerprint density at radius 3 is 1.90 bits per heavy atom. The minimum atomic E-state index is -3.31. The molecule has 0 aromatic heterocycles. The molecule has 0 aliphatic rings. The van der Waals surface area contributed by atoms with Gasteiger partial charge in [0.1, 0.15) is 12.8 Å². The third kappa shape index (κ3) is 6.92. The van der Waals surface area contributed by atoms with Crippen molar-refractivity contribution in [1.29, 1.82) is 0 Å². The van der Waals surface area contributed by atoms with E-state index < -0.39 is 39.6 Å². The van der Waals surface area contributed by atoms with Crippen molar-refractivity contribution in [3.05, 3.63) is 59.7 Å². The first-order valence-electron chi connectivity index (χ1n) is 9.02. The fourth-order valence-electron chi connectivity index (χ4n) is 2.91. The summed E-state index contributed by atoms with van der Waals surface area (Å²) in [6, 6.07) is 12.6. The lowest BCUT2D eigenvalue weighted by molar-refractivity contribution is -0.121. The molecule has 2 aromatic rings. The van der Waals surface area contributed by atoms with E-state index in [4.69, 9.17) is 23.2 Å². The second-order valence-corrected chi connectivity index (χ2v) is 9.75. The predicted molar refractivity (Wildman–Crippen MR) is 117 cm³/mol. The summed E-state index contributed by atoms with van der Waals surface area (Å²) in [4.78, 5) is 10.2. The molecule has 1 amide bonds. The molecule has 6 nitrogen and oxygen atoms in total. The molecule has 0 saturated heterocycles. The highest BCUT2D eigenvalue weighted by atomic mass is 35.5.